The van der Waals surface area contributed by atoms with Gasteiger partial charge in [0.2, 0.25) is 0 Å². The Balaban J connectivity index is 2.17. The van der Waals surface area contributed by atoms with Crippen molar-refractivity contribution in [2.24, 2.45) is 0 Å². The molecule has 1 atom stereocenters. The molecule has 0 aliphatic carbocycles. The molecule has 1 aromatic rings. The molecule has 2 rings (SSSR count). The van der Waals surface area contributed by atoms with E-state index >= 15 is 0 Å². The SMILES string of the molecule is CC(C)NCc1cc(Cl)ccc1N1CCCC(N(C)C)C1. The van der Waals surface area contributed by atoms with E-state index in [1.807, 2.05) is 6.07 Å². The van der Waals surface area contributed by atoms with Crippen LogP contribution in [0.3, 0.4) is 0 Å². The van der Waals surface area contributed by atoms with Crippen molar-refractivity contribution in [3.05, 3.63) is 28.8 Å². The highest BCUT2D eigenvalue weighted by Gasteiger charge is 2.23. The van der Waals surface area contributed by atoms with Gasteiger partial charge in [-0.25, -0.2) is 0 Å². The van der Waals surface area contributed by atoms with Crippen molar-refractivity contribution < 1.29 is 0 Å². The normalized spacial score (nSPS) is 19.6. The first-order chi connectivity index (χ1) is 9.97. The number of piperidine rings is 1. The lowest BCUT2D eigenvalue weighted by atomic mass is 10.0. The van der Waals surface area contributed by atoms with Crippen molar-refractivity contribution in [2.75, 3.05) is 32.1 Å². The summed E-state index contributed by atoms with van der Waals surface area (Å²) in [5, 5.41) is 4.33. The first-order valence-electron chi connectivity index (χ1n) is 7.90. The van der Waals surface area contributed by atoms with Gasteiger partial charge in [-0.2, -0.15) is 0 Å². The Bertz CT molecular complexity index is 459. The molecule has 4 heteroatoms. The molecule has 0 spiro atoms. The van der Waals surface area contributed by atoms with Crippen LogP contribution >= 0.6 is 11.6 Å². The largest absolute Gasteiger partial charge is 0.370 e. The second-order valence-electron chi connectivity index (χ2n) is 6.51. The summed E-state index contributed by atoms with van der Waals surface area (Å²) in [5.74, 6) is 0. The monoisotopic (exact) mass is 309 g/mol. The maximum atomic E-state index is 6.20. The van der Waals surface area contributed by atoms with Crippen LogP contribution in [-0.4, -0.2) is 44.2 Å². The van der Waals surface area contributed by atoms with Crippen molar-refractivity contribution in [3.8, 4) is 0 Å². The third-order valence-corrected chi connectivity index (χ3v) is 4.44. The summed E-state index contributed by atoms with van der Waals surface area (Å²) in [6.07, 6.45) is 2.54. The molecule has 0 bridgehead atoms. The number of hydrogen-bond donors (Lipinski definition) is 1. The maximum Gasteiger partial charge on any atom is 0.0413 e. The molecule has 118 valence electrons. The molecule has 1 aliphatic rings. The van der Waals surface area contributed by atoms with E-state index in [0.717, 1.165) is 24.7 Å². The molecule has 21 heavy (non-hydrogen) atoms. The van der Waals surface area contributed by atoms with E-state index in [1.54, 1.807) is 0 Å². The van der Waals surface area contributed by atoms with Crippen LogP contribution in [0.5, 0.6) is 0 Å². The average molecular weight is 310 g/mol. The zero-order chi connectivity index (χ0) is 15.4. The molecule has 0 radical (unpaired) electrons. The van der Waals surface area contributed by atoms with E-state index in [1.165, 1.54) is 24.1 Å². The van der Waals surface area contributed by atoms with Gasteiger partial charge in [0.05, 0.1) is 0 Å². The molecule has 1 aliphatic heterocycles. The zero-order valence-corrected chi connectivity index (χ0v) is 14.5. The lowest BCUT2D eigenvalue weighted by molar-refractivity contribution is 0.258. The number of likely N-dealkylation sites (N-methyl/N-ethyl adjacent to an activating group) is 1. The molecule has 1 unspecified atom stereocenters. The molecule has 1 aromatic carbocycles. The summed E-state index contributed by atoms with van der Waals surface area (Å²) in [5.41, 5.74) is 2.63. The lowest BCUT2D eigenvalue weighted by Gasteiger charge is -2.38. The maximum absolute atomic E-state index is 6.20. The van der Waals surface area contributed by atoms with Gasteiger partial charge >= 0.3 is 0 Å². The lowest BCUT2D eigenvalue weighted by Crippen LogP contribution is -2.45. The number of nitrogens with zero attached hydrogens (tertiary/aromatic N) is 2. The summed E-state index contributed by atoms with van der Waals surface area (Å²) in [7, 11) is 4.36. The minimum atomic E-state index is 0.479. The quantitative estimate of drug-likeness (QED) is 0.899. The molecule has 1 fully saturated rings. The highest BCUT2D eigenvalue weighted by molar-refractivity contribution is 6.30. The van der Waals surface area contributed by atoms with Crippen molar-refractivity contribution in [2.45, 2.75) is 45.3 Å². The Labute approximate surface area is 134 Å². The number of rotatable bonds is 5. The van der Waals surface area contributed by atoms with E-state index in [4.69, 9.17) is 11.6 Å². The van der Waals surface area contributed by atoms with Crippen LogP contribution in [0, 0.1) is 0 Å². The summed E-state index contributed by atoms with van der Waals surface area (Å²) in [6.45, 7) is 7.46. The van der Waals surface area contributed by atoms with Gasteiger partial charge in [-0.05, 0) is 50.7 Å². The molecule has 0 aromatic heterocycles. The Hall–Kier alpha value is -0.770. The van der Waals surface area contributed by atoms with E-state index in [0.29, 0.717) is 12.1 Å². The van der Waals surface area contributed by atoms with Crippen LogP contribution in [0.15, 0.2) is 18.2 Å². The summed E-state index contributed by atoms with van der Waals surface area (Å²) in [6, 6.07) is 7.41. The Morgan fingerprint density at radius 3 is 2.81 bits per heavy atom. The fraction of sp³-hybridized carbons (Fsp3) is 0.647. The standard InChI is InChI=1S/C17H28ClN3/c1-13(2)19-11-14-10-15(18)7-8-17(14)21-9-5-6-16(12-21)20(3)4/h7-8,10,13,16,19H,5-6,9,11-12H2,1-4H3. The number of anilines is 1. The molecule has 0 amide bonds. The fourth-order valence-electron chi connectivity index (χ4n) is 2.91. The van der Waals surface area contributed by atoms with Crippen LogP contribution < -0.4 is 10.2 Å². The van der Waals surface area contributed by atoms with Gasteiger partial charge in [0, 0.05) is 42.4 Å². The highest BCUT2D eigenvalue weighted by atomic mass is 35.5. The van der Waals surface area contributed by atoms with Crippen molar-refractivity contribution in [1.29, 1.82) is 0 Å². The summed E-state index contributed by atoms with van der Waals surface area (Å²) >= 11 is 6.20. The summed E-state index contributed by atoms with van der Waals surface area (Å²) < 4.78 is 0. The number of nitrogens with one attached hydrogen (secondary N) is 1. The van der Waals surface area contributed by atoms with Crippen molar-refractivity contribution in [3.63, 3.8) is 0 Å². The minimum Gasteiger partial charge on any atom is -0.370 e. The van der Waals surface area contributed by atoms with E-state index in [9.17, 15) is 0 Å². The van der Waals surface area contributed by atoms with Crippen molar-refractivity contribution >= 4 is 17.3 Å². The van der Waals surface area contributed by atoms with Gasteiger partial charge in [-0.15, -0.1) is 0 Å². The third kappa shape index (κ3) is 4.60. The number of halogens is 1. The van der Waals surface area contributed by atoms with E-state index in [-0.39, 0.29) is 0 Å². The summed E-state index contributed by atoms with van der Waals surface area (Å²) in [4.78, 5) is 4.86. The molecule has 0 saturated carbocycles. The minimum absolute atomic E-state index is 0.479. The average Bonchev–Trinajstić information content (AvgIpc) is 2.45. The van der Waals surface area contributed by atoms with Gasteiger partial charge in [-0.1, -0.05) is 25.4 Å². The second-order valence-corrected chi connectivity index (χ2v) is 6.95. The van der Waals surface area contributed by atoms with Crippen molar-refractivity contribution in [1.82, 2.24) is 10.2 Å². The first kappa shape index (κ1) is 16.6. The van der Waals surface area contributed by atoms with Crippen LogP contribution in [0.2, 0.25) is 5.02 Å². The van der Waals surface area contributed by atoms with Gasteiger partial charge in [0.1, 0.15) is 0 Å². The van der Waals surface area contributed by atoms with Gasteiger partial charge in [-0.3, -0.25) is 0 Å². The molecule has 1 N–H and O–H groups in total. The van der Waals surface area contributed by atoms with Gasteiger partial charge in [0.15, 0.2) is 0 Å². The van der Waals surface area contributed by atoms with E-state index < -0.39 is 0 Å². The van der Waals surface area contributed by atoms with Gasteiger partial charge < -0.3 is 15.1 Å². The molecule has 3 nitrogen and oxygen atoms in total. The van der Waals surface area contributed by atoms with Gasteiger partial charge in [0.25, 0.3) is 0 Å². The predicted octanol–water partition coefficient (Wildman–Crippen LogP) is 3.37. The molecule has 1 saturated heterocycles. The predicted molar refractivity (Wildman–Crippen MR) is 92.3 cm³/mol. The van der Waals surface area contributed by atoms with Crippen LogP contribution in [0.1, 0.15) is 32.3 Å². The highest BCUT2D eigenvalue weighted by Crippen LogP contribution is 2.28. The topological polar surface area (TPSA) is 18.5 Å². The molecular weight excluding hydrogens is 282 g/mol. The number of benzene rings is 1. The van der Waals surface area contributed by atoms with Crippen LogP contribution in [0.4, 0.5) is 5.69 Å². The van der Waals surface area contributed by atoms with E-state index in [2.05, 4.69) is 55.2 Å². The number of hydrogen-bond acceptors (Lipinski definition) is 3. The van der Waals surface area contributed by atoms with Crippen LogP contribution in [0.25, 0.3) is 0 Å². The zero-order valence-electron chi connectivity index (χ0n) is 13.7. The first-order valence-corrected chi connectivity index (χ1v) is 8.28. The fourth-order valence-corrected chi connectivity index (χ4v) is 3.11. The Morgan fingerprint density at radius 2 is 2.14 bits per heavy atom. The molecule has 1 heterocycles. The molecular formula is C17H28ClN3. The third-order valence-electron chi connectivity index (χ3n) is 4.21. The second kappa shape index (κ2) is 7.48. The Morgan fingerprint density at radius 1 is 1.38 bits per heavy atom. The smallest absolute Gasteiger partial charge is 0.0413 e. The Kier molecular flexibility index (Phi) is 5.91. The van der Waals surface area contributed by atoms with Crippen LogP contribution in [-0.2, 0) is 6.54 Å².